The van der Waals surface area contributed by atoms with E-state index in [1.807, 2.05) is 0 Å². The number of alkyl halides is 1. The van der Waals surface area contributed by atoms with Gasteiger partial charge in [0.1, 0.15) is 0 Å². The third kappa shape index (κ3) is 2.86. The molecular weight excluding hydrogens is 234 g/mol. The monoisotopic (exact) mass is 249 g/mol. The van der Waals surface area contributed by atoms with Crippen molar-refractivity contribution in [3.8, 4) is 5.69 Å². The van der Waals surface area contributed by atoms with E-state index in [2.05, 4.69) is 41.5 Å². The minimum Gasteiger partial charge on any atom is -0.216 e. The molecule has 3 nitrogen and oxygen atoms in total. The molecule has 17 heavy (non-hydrogen) atoms. The van der Waals surface area contributed by atoms with Crippen LogP contribution in [0.15, 0.2) is 30.5 Å². The summed E-state index contributed by atoms with van der Waals surface area (Å²) in [7, 11) is 0. The van der Waals surface area contributed by atoms with E-state index in [1.54, 1.807) is 10.9 Å². The van der Waals surface area contributed by atoms with E-state index in [0.717, 1.165) is 17.8 Å². The van der Waals surface area contributed by atoms with Crippen LogP contribution in [0.3, 0.4) is 0 Å². The number of benzene rings is 1. The van der Waals surface area contributed by atoms with Gasteiger partial charge >= 0.3 is 0 Å². The fourth-order valence-corrected chi connectivity index (χ4v) is 1.93. The molecule has 0 saturated heterocycles. The standard InChI is InChI=1S/C13H16ClN3/c1-2-3-4-11-5-7-12(8-6-11)17-13(9-14)10-15-16-17/h5-8,10H,2-4,9H2,1H3. The second-order valence-electron chi connectivity index (χ2n) is 4.04. The molecule has 1 heterocycles. The van der Waals surface area contributed by atoms with Gasteiger partial charge in [0.05, 0.1) is 23.5 Å². The molecule has 0 saturated carbocycles. The Balaban J connectivity index is 2.17. The van der Waals surface area contributed by atoms with E-state index >= 15 is 0 Å². The van der Waals surface area contributed by atoms with Gasteiger partial charge in [0.15, 0.2) is 0 Å². The summed E-state index contributed by atoms with van der Waals surface area (Å²) in [5.74, 6) is 0.421. The van der Waals surface area contributed by atoms with E-state index < -0.39 is 0 Å². The molecule has 0 bridgehead atoms. The molecule has 0 amide bonds. The maximum absolute atomic E-state index is 5.82. The lowest BCUT2D eigenvalue weighted by Gasteiger charge is -2.05. The van der Waals surface area contributed by atoms with E-state index in [1.165, 1.54) is 18.4 Å². The number of unbranched alkanes of at least 4 members (excludes halogenated alkanes) is 1. The first-order valence-electron chi connectivity index (χ1n) is 5.90. The van der Waals surface area contributed by atoms with Crippen molar-refractivity contribution in [3.63, 3.8) is 0 Å². The summed E-state index contributed by atoms with van der Waals surface area (Å²) >= 11 is 5.82. The molecule has 90 valence electrons. The Hall–Kier alpha value is -1.35. The van der Waals surface area contributed by atoms with Crippen LogP contribution in [0.25, 0.3) is 5.69 Å². The van der Waals surface area contributed by atoms with Gasteiger partial charge in [0, 0.05) is 0 Å². The van der Waals surface area contributed by atoms with Crippen molar-refractivity contribution in [1.29, 1.82) is 0 Å². The van der Waals surface area contributed by atoms with Crippen molar-refractivity contribution in [1.82, 2.24) is 15.0 Å². The number of nitrogens with zero attached hydrogens (tertiary/aromatic N) is 3. The summed E-state index contributed by atoms with van der Waals surface area (Å²) < 4.78 is 1.77. The lowest BCUT2D eigenvalue weighted by Crippen LogP contribution is -2.00. The molecule has 0 fully saturated rings. The Morgan fingerprint density at radius 2 is 2.00 bits per heavy atom. The molecule has 0 N–H and O–H groups in total. The first kappa shape index (κ1) is 12.1. The number of hydrogen-bond donors (Lipinski definition) is 0. The van der Waals surface area contributed by atoms with Gasteiger partial charge in [0.25, 0.3) is 0 Å². The molecular formula is C13H16ClN3. The Bertz CT molecular complexity index is 462. The predicted octanol–water partition coefficient (Wildman–Crippen LogP) is 3.35. The maximum Gasteiger partial charge on any atom is 0.0793 e. The van der Waals surface area contributed by atoms with Gasteiger partial charge < -0.3 is 0 Å². The van der Waals surface area contributed by atoms with Gasteiger partial charge in [-0.25, -0.2) is 4.68 Å². The molecule has 0 aliphatic heterocycles. The van der Waals surface area contributed by atoms with Crippen LogP contribution >= 0.6 is 11.6 Å². The first-order chi connectivity index (χ1) is 8.35. The fraction of sp³-hybridized carbons (Fsp3) is 0.385. The lowest BCUT2D eigenvalue weighted by molar-refractivity contribution is 0.776. The molecule has 0 spiro atoms. The number of halogens is 1. The third-order valence-electron chi connectivity index (χ3n) is 2.76. The first-order valence-corrected chi connectivity index (χ1v) is 6.43. The van der Waals surface area contributed by atoms with Gasteiger partial charge in [-0.2, -0.15) is 0 Å². The number of hydrogen-bond acceptors (Lipinski definition) is 2. The van der Waals surface area contributed by atoms with Gasteiger partial charge in [0.2, 0.25) is 0 Å². The lowest BCUT2D eigenvalue weighted by atomic mass is 10.1. The second kappa shape index (κ2) is 5.82. The predicted molar refractivity (Wildman–Crippen MR) is 69.5 cm³/mol. The van der Waals surface area contributed by atoms with Gasteiger partial charge in [-0.05, 0) is 30.5 Å². The van der Waals surface area contributed by atoms with Crippen molar-refractivity contribution in [2.24, 2.45) is 0 Å². The second-order valence-corrected chi connectivity index (χ2v) is 4.31. The Morgan fingerprint density at radius 1 is 1.24 bits per heavy atom. The van der Waals surface area contributed by atoms with Crippen LogP contribution in [-0.2, 0) is 12.3 Å². The van der Waals surface area contributed by atoms with Gasteiger partial charge in [-0.3, -0.25) is 0 Å². The highest BCUT2D eigenvalue weighted by atomic mass is 35.5. The van der Waals surface area contributed by atoms with Crippen LogP contribution < -0.4 is 0 Å². The molecule has 0 radical (unpaired) electrons. The topological polar surface area (TPSA) is 30.7 Å². The van der Waals surface area contributed by atoms with Crippen LogP contribution in [0.4, 0.5) is 0 Å². The smallest absolute Gasteiger partial charge is 0.0793 e. The van der Waals surface area contributed by atoms with Crippen LogP contribution in [0, 0.1) is 0 Å². The minimum absolute atomic E-state index is 0.421. The van der Waals surface area contributed by atoms with E-state index in [0.29, 0.717) is 5.88 Å². The van der Waals surface area contributed by atoms with E-state index in [9.17, 15) is 0 Å². The number of aromatic nitrogens is 3. The Morgan fingerprint density at radius 3 is 2.65 bits per heavy atom. The van der Waals surface area contributed by atoms with Crippen molar-refractivity contribution >= 4 is 11.6 Å². The summed E-state index contributed by atoms with van der Waals surface area (Å²) in [6.07, 6.45) is 5.28. The van der Waals surface area contributed by atoms with Crippen molar-refractivity contribution in [2.75, 3.05) is 0 Å². The number of rotatable bonds is 5. The average molecular weight is 250 g/mol. The zero-order chi connectivity index (χ0) is 12.1. The minimum atomic E-state index is 0.421. The quantitative estimate of drug-likeness (QED) is 0.761. The van der Waals surface area contributed by atoms with Crippen LogP contribution in [0.2, 0.25) is 0 Å². The number of aryl methyl sites for hydroxylation is 1. The molecule has 2 aromatic rings. The van der Waals surface area contributed by atoms with Crippen LogP contribution in [-0.4, -0.2) is 15.0 Å². The average Bonchev–Trinajstić information content (AvgIpc) is 2.85. The summed E-state index contributed by atoms with van der Waals surface area (Å²) in [5, 5.41) is 7.90. The van der Waals surface area contributed by atoms with Crippen molar-refractivity contribution in [3.05, 3.63) is 41.7 Å². The highest BCUT2D eigenvalue weighted by Gasteiger charge is 2.04. The third-order valence-corrected chi connectivity index (χ3v) is 3.03. The van der Waals surface area contributed by atoms with Crippen LogP contribution in [0.5, 0.6) is 0 Å². The SMILES string of the molecule is CCCCc1ccc(-n2nncc2CCl)cc1. The summed E-state index contributed by atoms with van der Waals surface area (Å²) in [5.41, 5.74) is 3.29. The highest BCUT2D eigenvalue weighted by molar-refractivity contribution is 6.16. The summed E-state index contributed by atoms with van der Waals surface area (Å²) in [4.78, 5) is 0. The molecule has 1 aromatic carbocycles. The molecule has 0 aliphatic rings. The fourth-order valence-electron chi connectivity index (χ4n) is 1.75. The Kier molecular flexibility index (Phi) is 4.15. The molecule has 0 aliphatic carbocycles. The molecule has 4 heteroatoms. The maximum atomic E-state index is 5.82. The highest BCUT2D eigenvalue weighted by Crippen LogP contribution is 2.13. The van der Waals surface area contributed by atoms with Crippen molar-refractivity contribution < 1.29 is 0 Å². The zero-order valence-corrected chi connectivity index (χ0v) is 10.7. The molecule has 1 aromatic heterocycles. The van der Waals surface area contributed by atoms with Gasteiger partial charge in [-0.15, -0.1) is 16.7 Å². The van der Waals surface area contributed by atoms with Crippen LogP contribution in [0.1, 0.15) is 31.0 Å². The van der Waals surface area contributed by atoms with E-state index in [-0.39, 0.29) is 0 Å². The Labute approximate surface area is 106 Å². The normalized spacial score (nSPS) is 10.7. The molecule has 0 unspecified atom stereocenters. The summed E-state index contributed by atoms with van der Waals surface area (Å²) in [6.45, 7) is 2.20. The molecule has 2 rings (SSSR count). The molecule has 0 atom stereocenters. The summed E-state index contributed by atoms with van der Waals surface area (Å²) in [6, 6.07) is 8.42. The zero-order valence-electron chi connectivity index (χ0n) is 9.93. The van der Waals surface area contributed by atoms with E-state index in [4.69, 9.17) is 11.6 Å². The largest absolute Gasteiger partial charge is 0.216 e. The van der Waals surface area contributed by atoms with Gasteiger partial charge in [-0.1, -0.05) is 30.7 Å². The van der Waals surface area contributed by atoms with Crippen molar-refractivity contribution in [2.45, 2.75) is 32.1 Å².